The Balaban J connectivity index is 0.00000364. The number of aliphatic hydroxyl groups is 1. The van der Waals surface area contributed by atoms with E-state index in [1.54, 1.807) is 12.1 Å². The molecule has 3 N–H and O–H groups in total. The van der Waals surface area contributed by atoms with Crippen LogP contribution < -0.4 is 10.6 Å². The molecule has 0 amide bonds. The summed E-state index contributed by atoms with van der Waals surface area (Å²) in [6.07, 6.45) is -0.809. The van der Waals surface area contributed by atoms with Gasteiger partial charge in [-0.15, -0.1) is 24.0 Å². The molecule has 0 fully saturated rings. The van der Waals surface area contributed by atoms with E-state index in [2.05, 4.69) is 15.6 Å². The van der Waals surface area contributed by atoms with Crippen LogP contribution in [0.1, 0.15) is 24.2 Å². The Hall–Kier alpha value is -1.81. The fourth-order valence-electron chi connectivity index (χ4n) is 2.41. The summed E-state index contributed by atoms with van der Waals surface area (Å²) in [4.78, 5) is 4.21. The third-order valence-electron chi connectivity index (χ3n) is 3.73. The van der Waals surface area contributed by atoms with Crippen LogP contribution in [-0.4, -0.2) is 30.7 Å². The van der Waals surface area contributed by atoms with Crippen LogP contribution in [-0.2, 0) is 6.42 Å². The molecule has 0 saturated heterocycles. The summed E-state index contributed by atoms with van der Waals surface area (Å²) in [7, 11) is 0. The van der Waals surface area contributed by atoms with Crippen molar-refractivity contribution in [3.05, 3.63) is 71.0 Å². The van der Waals surface area contributed by atoms with Gasteiger partial charge in [0.2, 0.25) is 0 Å². The van der Waals surface area contributed by atoms with Crippen LogP contribution in [0, 0.1) is 17.5 Å². The average Bonchev–Trinajstić information content (AvgIpc) is 2.62. The number of benzene rings is 2. The highest BCUT2D eigenvalue weighted by molar-refractivity contribution is 14.0. The van der Waals surface area contributed by atoms with Gasteiger partial charge in [-0.2, -0.15) is 0 Å². The van der Waals surface area contributed by atoms with Crippen LogP contribution in [0.25, 0.3) is 0 Å². The summed E-state index contributed by atoms with van der Waals surface area (Å²) in [5.41, 5.74) is 0.439. The van der Waals surface area contributed by atoms with Crippen molar-refractivity contribution >= 4 is 29.9 Å². The van der Waals surface area contributed by atoms with Gasteiger partial charge in [0.05, 0.1) is 6.54 Å². The first-order chi connectivity index (χ1) is 12.5. The second kappa shape index (κ2) is 11.8. The molecule has 8 heteroatoms. The molecular formula is C19H23F3IN3O. The first-order valence-electron chi connectivity index (χ1n) is 8.40. The smallest absolute Gasteiger partial charge is 0.191 e. The van der Waals surface area contributed by atoms with E-state index in [1.807, 2.05) is 6.92 Å². The van der Waals surface area contributed by atoms with Crippen molar-refractivity contribution < 1.29 is 18.3 Å². The Morgan fingerprint density at radius 3 is 2.52 bits per heavy atom. The van der Waals surface area contributed by atoms with Crippen LogP contribution in [0.2, 0.25) is 0 Å². The SMILES string of the molecule is CCNC(=NCC(O)c1ccccc1F)NCCc1cc(F)ccc1F.I. The van der Waals surface area contributed by atoms with Crippen molar-refractivity contribution in [1.29, 1.82) is 0 Å². The number of nitrogens with one attached hydrogen (secondary N) is 2. The Labute approximate surface area is 173 Å². The van der Waals surface area contributed by atoms with Gasteiger partial charge in [-0.25, -0.2) is 13.2 Å². The number of aliphatic hydroxyl groups excluding tert-OH is 1. The lowest BCUT2D eigenvalue weighted by molar-refractivity contribution is 0.182. The van der Waals surface area contributed by atoms with Gasteiger partial charge in [0.1, 0.15) is 23.6 Å². The maximum atomic E-state index is 13.7. The van der Waals surface area contributed by atoms with E-state index in [0.717, 1.165) is 18.2 Å². The predicted octanol–water partition coefficient (Wildman–Crippen LogP) is 3.55. The third kappa shape index (κ3) is 7.37. The number of aliphatic imine (C=N–C) groups is 1. The number of hydrogen-bond acceptors (Lipinski definition) is 2. The molecular weight excluding hydrogens is 470 g/mol. The number of hydrogen-bond donors (Lipinski definition) is 3. The van der Waals surface area contributed by atoms with Gasteiger partial charge in [-0.3, -0.25) is 4.99 Å². The fourth-order valence-corrected chi connectivity index (χ4v) is 2.41. The molecule has 0 aliphatic rings. The molecule has 0 radical (unpaired) electrons. The number of halogens is 4. The van der Waals surface area contributed by atoms with Gasteiger partial charge in [-0.1, -0.05) is 18.2 Å². The van der Waals surface area contributed by atoms with Crippen molar-refractivity contribution in [3.8, 4) is 0 Å². The summed E-state index contributed by atoms with van der Waals surface area (Å²) in [5.74, 6) is -1.05. The van der Waals surface area contributed by atoms with Gasteiger partial charge in [0.15, 0.2) is 5.96 Å². The van der Waals surface area contributed by atoms with Gasteiger partial charge < -0.3 is 15.7 Å². The zero-order valence-corrected chi connectivity index (χ0v) is 17.2. The lowest BCUT2D eigenvalue weighted by atomic mass is 10.1. The van der Waals surface area contributed by atoms with Gasteiger partial charge in [0.25, 0.3) is 0 Å². The predicted molar refractivity (Wildman–Crippen MR) is 111 cm³/mol. The Bertz CT molecular complexity index is 759. The Kier molecular flexibility index (Phi) is 10.2. The van der Waals surface area contributed by atoms with Gasteiger partial charge in [0, 0.05) is 18.7 Å². The first-order valence-corrected chi connectivity index (χ1v) is 8.40. The van der Waals surface area contributed by atoms with Gasteiger partial charge in [-0.05, 0) is 43.2 Å². The molecule has 4 nitrogen and oxygen atoms in total. The molecule has 0 aliphatic carbocycles. The zero-order chi connectivity index (χ0) is 18.9. The van der Waals surface area contributed by atoms with E-state index in [1.165, 1.54) is 12.1 Å². The number of guanidine groups is 1. The van der Waals surface area contributed by atoms with Crippen molar-refractivity contribution in [1.82, 2.24) is 10.6 Å². The molecule has 2 aromatic rings. The fraction of sp³-hybridized carbons (Fsp3) is 0.316. The maximum absolute atomic E-state index is 13.7. The Morgan fingerprint density at radius 1 is 1.07 bits per heavy atom. The summed E-state index contributed by atoms with van der Waals surface area (Å²) >= 11 is 0. The summed E-state index contributed by atoms with van der Waals surface area (Å²) < 4.78 is 40.5. The summed E-state index contributed by atoms with van der Waals surface area (Å²) in [5, 5.41) is 16.1. The van der Waals surface area contributed by atoms with Crippen molar-refractivity contribution in [2.24, 2.45) is 4.99 Å². The van der Waals surface area contributed by atoms with Crippen LogP contribution in [0.5, 0.6) is 0 Å². The topological polar surface area (TPSA) is 56.7 Å². The molecule has 27 heavy (non-hydrogen) atoms. The molecule has 0 aliphatic heterocycles. The monoisotopic (exact) mass is 493 g/mol. The van der Waals surface area contributed by atoms with Gasteiger partial charge >= 0.3 is 0 Å². The molecule has 0 bridgehead atoms. The molecule has 0 spiro atoms. The average molecular weight is 493 g/mol. The largest absolute Gasteiger partial charge is 0.386 e. The number of nitrogens with zero attached hydrogens (tertiary/aromatic N) is 1. The highest BCUT2D eigenvalue weighted by atomic mass is 127. The first kappa shape index (κ1) is 23.2. The van der Waals surface area contributed by atoms with Crippen molar-refractivity contribution in [3.63, 3.8) is 0 Å². The molecule has 2 rings (SSSR count). The minimum absolute atomic E-state index is 0. The lowest BCUT2D eigenvalue weighted by Gasteiger charge is -2.14. The van der Waals surface area contributed by atoms with Crippen molar-refractivity contribution in [2.75, 3.05) is 19.6 Å². The molecule has 0 heterocycles. The molecule has 148 valence electrons. The standard InChI is InChI=1S/C19H22F3N3O.HI/c1-2-23-19(24-10-9-13-11-14(20)7-8-16(13)21)25-12-18(26)15-5-3-4-6-17(15)22;/h3-8,11,18,26H,2,9-10,12H2,1H3,(H2,23,24,25);1H. The maximum Gasteiger partial charge on any atom is 0.191 e. The van der Waals surface area contributed by atoms with E-state index in [4.69, 9.17) is 0 Å². The normalized spacial score (nSPS) is 12.3. The third-order valence-corrected chi connectivity index (χ3v) is 3.73. The second-order valence-corrected chi connectivity index (χ2v) is 5.67. The van der Waals surface area contributed by atoms with E-state index in [0.29, 0.717) is 19.0 Å². The van der Waals surface area contributed by atoms with Crippen LogP contribution in [0.4, 0.5) is 13.2 Å². The molecule has 2 aromatic carbocycles. The van der Waals surface area contributed by atoms with Crippen LogP contribution in [0.15, 0.2) is 47.5 Å². The molecule has 0 saturated carbocycles. The highest BCUT2D eigenvalue weighted by Crippen LogP contribution is 2.16. The lowest BCUT2D eigenvalue weighted by Crippen LogP contribution is -2.38. The zero-order valence-electron chi connectivity index (χ0n) is 14.9. The van der Waals surface area contributed by atoms with Crippen LogP contribution >= 0.6 is 24.0 Å². The molecule has 1 unspecified atom stereocenters. The number of rotatable bonds is 7. The second-order valence-electron chi connectivity index (χ2n) is 5.67. The summed E-state index contributed by atoms with van der Waals surface area (Å²) in [6, 6.07) is 9.29. The minimum Gasteiger partial charge on any atom is -0.386 e. The Morgan fingerprint density at radius 2 is 1.81 bits per heavy atom. The van der Waals surface area contributed by atoms with E-state index in [-0.39, 0.29) is 48.1 Å². The van der Waals surface area contributed by atoms with E-state index >= 15 is 0 Å². The van der Waals surface area contributed by atoms with E-state index < -0.39 is 23.6 Å². The minimum atomic E-state index is -1.08. The van der Waals surface area contributed by atoms with E-state index in [9.17, 15) is 18.3 Å². The molecule has 0 aromatic heterocycles. The summed E-state index contributed by atoms with van der Waals surface area (Å²) in [6.45, 7) is 2.74. The molecule has 1 atom stereocenters. The van der Waals surface area contributed by atoms with Crippen LogP contribution in [0.3, 0.4) is 0 Å². The quantitative estimate of drug-likeness (QED) is 0.314. The van der Waals surface area contributed by atoms with Crippen molar-refractivity contribution in [2.45, 2.75) is 19.4 Å². The highest BCUT2D eigenvalue weighted by Gasteiger charge is 2.12.